The highest BCUT2D eigenvalue weighted by molar-refractivity contribution is 8.26. The van der Waals surface area contributed by atoms with Crippen molar-refractivity contribution in [2.24, 2.45) is 0 Å². The zero-order chi connectivity index (χ0) is 23.5. The number of rotatable bonds is 6. The van der Waals surface area contributed by atoms with Gasteiger partial charge in [0, 0.05) is 18.8 Å². The molecule has 0 bridgehead atoms. The lowest BCUT2D eigenvalue weighted by molar-refractivity contribution is -0.124. The summed E-state index contributed by atoms with van der Waals surface area (Å²) in [4.78, 5) is 33.7. The van der Waals surface area contributed by atoms with Crippen molar-refractivity contribution in [3.63, 3.8) is 0 Å². The van der Waals surface area contributed by atoms with Gasteiger partial charge in [-0.25, -0.2) is 4.98 Å². The number of thiocarbonyl (C=S) groups is 1. The molecule has 2 aromatic heterocycles. The molecule has 3 heterocycles. The SMILES string of the molecule is O=C1/C(=C/c2c(NCCc3ccccc3)nc3ccccn3c2=O)SC(=S)N1C1CCCCC1. The number of anilines is 1. The van der Waals surface area contributed by atoms with E-state index < -0.39 is 0 Å². The highest BCUT2D eigenvalue weighted by Crippen LogP contribution is 2.37. The molecule has 0 radical (unpaired) electrons. The van der Waals surface area contributed by atoms with E-state index in [4.69, 9.17) is 17.2 Å². The maximum absolute atomic E-state index is 13.4. The fourth-order valence-electron chi connectivity index (χ4n) is 4.60. The van der Waals surface area contributed by atoms with Crippen molar-refractivity contribution >= 4 is 51.7 Å². The summed E-state index contributed by atoms with van der Waals surface area (Å²) < 4.78 is 2.09. The van der Waals surface area contributed by atoms with Crippen molar-refractivity contribution in [3.05, 3.63) is 81.1 Å². The number of carbonyl (C=O) groups is 1. The number of hydrogen-bond acceptors (Lipinski definition) is 6. The minimum Gasteiger partial charge on any atom is -0.369 e. The van der Waals surface area contributed by atoms with Crippen LogP contribution in [0.3, 0.4) is 0 Å². The molecule has 2 aliphatic rings. The van der Waals surface area contributed by atoms with Gasteiger partial charge in [-0.15, -0.1) is 0 Å². The number of fused-ring (bicyclic) bond motifs is 1. The highest BCUT2D eigenvalue weighted by atomic mass is 32.2. The second-order valence-corrected chi connectivity index (χ2v) is 10.3. The minimum absolute atomic E-state index is 0.102. The van der Waals surface area contributed by atoms with E-state index in [9.17, 15) is 9.59 Å². The van der Waals surface area contributed by atoms with Gasteiger partial charge in [-0.3, -0.25) is 18.9 Å². The van der Waals surface area contributed by atoms with Crippen LogP contribution in [0.4, 0.5) is 5.82 Å². The van der Waals surface area contributed by atoms with Crippen molar-refractivity contribution < 1.29 is 4.79 Å². The van der Waals surface area contributed by atoms with Crippen molar-refractivity contribution in [1.29, 1.82) is 0 Å². The topological polar surface area (TPSA) is 66.7 Å². The van der Waals surface area contributed by atoms with Gasteiger partial charge in [0.1, 0.15) is 15.8 Å². The fraction of sp³-hybridized carbons (Fsp3) is 0.308. The number of nitrogens with one attached hydrogen (secondary N) is 1. The number of benzene rings is 1. The van der Waals surface area contributed by atoms with E-state index in [1.165, 1.54) is 28.1 Å². The minimum atomic E-state index is -0.212. The molecule has 1 aromatic carbocycles. The van der Waals surface area contributed by atoms with Crippen LogP contribution in [-0.4, -0.2) is 37.1 Å². The summed E-state index contributed by atoms with van der Waals surface area (Å²) in [5, 5.41) is 3.33. The molecule has 3 aromatic rings. The maximum Gasteiger partial charge on any atom is 0.267 e. The van der Waals surface area contributed by atoms with Crippen LogP contribution in [0.15, 0.2) is 64.4 Å². The summed E-state index contributed by atoms with van der Waals surface area (Å²) >= 11 is 6.85. The third-order valence-electron chi connectivity index (χ3n) is 6.36. The molecule has 0 atom stereocenters. The van der Waals surface area contributed by atoms with E-state index in [2.05, 4.69) is 17.4 Å². The van der Waals surface area contributed by atoms with Gasteiger partial charge in [0.25, 0.3) is 11.5 Å². The number of pyridine rings is 1. The van der Waals surface area contributed by atoms with Crippen LogP contribution < -0.4 is 10.9 Å². The van der Waals surface area contributed by atoms with Gasteiger partial charge >= 0.3 is 0 Å². The van der Waals surface area contributed by atoms with Crippen molar-refractivity contribution in [1.82, 2.24) is 14.3 Å². The summed E-state index contributed by atoms with van der Waals surface area (Å²) in [5.74, 6) is 0.379. The molecule has 5 rings (SSSR count). The molecule has 0 spiro atoms. The van der Waals surface area contributed by atoms with Crippen LogP contribution in [-0.2, 0) is 11.2 Å². The quantitative estimate of drug-likeness (QED) is 0.392. The number of thioether (sulfide) groups is 1. The van der Waals surface area contributed by atoms with Gasteiger partial charge in [0.15, 0.2) is 0 Å². The first-order valence-electron chi connectivity index (χ1n) is 11.7. The lowest BCUT2D eigenvalue weighted by Gasteiger charge is -2.29. The second kappa shape index (κ2) is 10.1. The smallest absolute Gasteiger partial charge is 0.267 e. The van der Waals surface area contributed by atoms with Gasteiger partial charge < -0.3 is 5.32 Å². The summed E-state index contributed by atoms with van der Waals surface area (Å²) in [7, 11) is 0. The zero-order valence-corrected chi connectivity index (χ0v) is 20.4. The normalized spacial score (nSPS) is 18.2. The van der Waals surface area contributed by atoms with Gasteiger partial charge in [-0.05, 0) is 43.0 Å². The van der Waals surface area contributed by atoms with Crippen molar-refractivity contribution in [2.45, 2.75) is 44.6 Å². The molecule has 1 N–H and O–H groups in total. The Morgan fingerprint density at radius 3 is 2.62 bits per heavy atom. The Kier molecular flexibility index (Phi) is 6.78. The predicted molar refractivity (Wildman–Crippen MR) is 142 cm³/mol. The second-order valence-electron chi connectivity index (χ2n) is 8.61. The molecule has 8 heteroatoms. The molecule has 1 saturated heterocycles. The fourth-order valence-corrected chi connectivity index (χ4v) is 5.98. The predicted octanol–water partition coefficient (Wildman–Crippen LogP) is 4.88. The Hall–Kier alpha value is -2.97. The van der Waals surface area contributed by atoms with Crippen LogP contribution in [0.25, 0.3) is 11.7 Å². The zero-order valence-electron chi connectivity index (χ0n) is 18.8. The van der Waals surface area contributed by atoms with Crippen molar-refractivity contribution in [3.8, 4) is 0 Å². The van der Waals surface area contributed by atoms with E-state index in [-0.39, 0.29) is 17.5 Å². The van der Waals surface area contributed by atoms with Crippen LogP contribution in [0.5, 0.6) is 0 Å². The summed E-state index contributed by atoms with van der Waals surface area (Å²) in [6.45, 7) is 0.614. The Labute approximate surface area is 208 Å². The summed E-state index contributed by atoms with van der Waals surface area (Å²) in [6, 6.07) is 15.8. The van der Waals surface area contributed by atoms with Crippen LogP contribution >= 0.6 is 24.0 Å². The summed E-state index contributed by atoms with van der Waals surface area (Å²) in [5.41, 5.74) is 1.92. The van der Waals surface area contributed by atoms with E-state index in [0.29, 0.717) is 32.8 Å². The average molecular weight is 491 g/mol. The van der Waals surface area contributed by atoms with Crippen LogP contribution in [0.2, 0.25) is 0 Å². The monoisotopic (exact) mass is 490 g/mol. The molecule has 1 aliphatic carbocycles. The Bertz CT molecular complexity index is 1310. The first-order chi connectivity index (χ1) is 16.6. The Balaban J connectivity index is 1.47. The van der Waals surface area contributed by atoms with E-state index in [0.717, 1.165) is 32.1 Å². The molecule has 174 valence electrons. The molecule has 34 heavy (non-hydrogen) atoms. The highest BCUT2D eigenvalue weighted by Gasteiger charge is 2.37. The molecule has 1 saturated carbocycles. The lowest BCUT2D eigenvalue weighted by atomic mass is 9.94. The first-order valence-corrected chi connectivity index (χ1v) is 12.9. The van der Waals surface area contributed by atoms with Gasteiger partial charge in [-0.1, -0.05) is 79.6 Å². The molecule has 2 fully saturated rings. The molecular formula is C26H26N4O2S2. The lowest BCUT2D eigenvalue weighted by Crippen LogP contribution is -2.39. The average Bonchev–Trinajstić information content (AvgIpc) is 3.15. The van der Waals surface area contributed by atoms with E-state index in [1.54, 1.807) is 29.3 Å². The third kappa shape index (κ3) is 4.65. The third-order valence-corrected chi connectivity index (χ3v) is 7.69. The van der Waals surface area contributed by atoms with Crippen LogP contribution in [0, 0.1) is 0 Å². The summed E-state index contributed by atoms with van der Waals surface area (Å²) in [6.07, 6.45) is 9.56. The number of nitrogens with zero attached hydrogens (tertiary/aromatic N) is 3. The number of aromatic nitrogens is 2. The van der Waals surface area contributed by atoms with Gasteiger partial charge in [0.05, 0.1) is 10.5 Å². The molecule has 1 amide bonds. The van der Waals surface area contributed by atoms with Crippen molar-refractivity contribution in [2.75, 3.05) is 11.9 Å². The largest absolute Gasteiger partial charge is 0.369 e. The molecule has 1 aliphatic heterocycles. The van der Waals surface area contributed by atoms with Crippen LogP contribution in [0.1, 0.15) is 43.2 Å². The Morgan fingerprint density at radius 1 is 1.06 bits per heavy atom. The maximum atomic E-state index is 13.4. The standard InChI is InChI=1S/C26H26N4O2S2/c31-24-20(17-21-25(32)30(26(33)34-21)19-11-5-2-6-12-19)23(28-22-13-7-8-16-29(22)24)27-15-14-18-9-3-1-4-10-18/h1,3-4,7-10,13,16-17,19,27H,2,5-6,11-12,14-15H2/b21-17-. The van der Waals surface area contributed by atoms with Gasteiger partial charge in [0.2, 0.25) is 0 Å². The number of hydrogen-bond donors (Lipinski definition) is 1. The number of amides is 1. The molecule has 0 unspecified atom stereocenters. The number of carbonyl (C=O) groups excluding carboxylic acids is 1. The first kappa shape index (κ1) is 22.8. The van der Waals surface area contributed by atoms with E-state index in [1.807, 2.05) is 24.3 Å². The molecule has 6 nitrogen and oxygen atoms in total. The Morgan fingerprint density at radius 2 is 1.82 bits per heavy atom. The molecular weight excluding hydrogens is 464 g/mol. The van der Waals surface area contributed by atoms with Gasteiger partial charge in [-0.2, -0.15) is 0 Å². The van der Waals surface area contributed by atoms with E-state index >= 15 is 0 Å².